The Bertz CT molecular complexity index is 571. The zero-order chi connectivity index (χ0) is 13.9. The molecule has 0 bridgehead atoms. The van der Waals surface area contributed by atoms with Crippen LogP contribution in [0.5, 0.6) is 0 Å². The van der Waals surface area contributed by atoms with Crippen LogP contribution >= 0.6 is 0 Å². The maximum atomic E-state index is 4.15. The fourth-order valence-electron chi connectivity index (χ4n) is 3.12. The highest BCUT2D eigenvalue weighted by molar-refractivity contribution is 5.84. The van der Waals surface area contributed by atoms with Gasteiger partial charge in [-0.15, -0.1) is 0 Å². The second-order valence-electron chi connectivity index (χ2n) is 5.70. The van der Waals surface area contributed by atoms with Crippen molar-refractivity contribution in [3.05, 3.63) is 36.7 Å². The van der Waals surface area contributed by atoms with Crippen molar-refractivity contribution in [2.24, 2.45) is 0 Å². The van der Waals surface area contributed by atoms with Crippen molar-refractivity contribution >= 4 is 16.5 Å². The zero-order valence-electron chi connectivity index (χ0n) is 12.3. The van der Waals surface area contributed by atoms with E-state index in [-0.39, 0.29) is 0 Å². The first-order chi connectivity index (χ1) is 9.80. The standard InChI is InChI=1S/C17H23N3/c1-3-17(4-2)20-11-16(12-20)19-15-6-5-14-10-18-8-7-13(14)9-15/h5-10,16-17,19H,3-4,11-12H2,1-2H3. The zero-order valence-corrected chi connectivity index (χ0v) is 12.3. The van der Waals surface area contributed by atoms with E-state index in [1.807, 2.05) is 12.4 Å². The van der Waals surface area contributed by atoms with Gasteiger partial charge in [-0.1, -0.05) is 19.9 Å². The van der Waals surface area contributed by atoms with E-state index in [9.17, 15) is 0 Å². The van der Waals surface area contributed by atoms with Gasteiger partial charge in [-0.2, -0.15) is 0 Å². The van der Waals surface area contributed by atoms with Crippen LogP contribution in [0, 0.1) is 0 Å². The first kappa shape index (κ1) is 13.4. The summed E-state index contributed by atoms with van der Waals surface area (Å²) in [6.07, 6.45) is 6.28. The summed E-state index contributed by atoms with van der Waals surface area (Å²) in [5.41, 5.74) is 1.22. The number of hydrogen-bond donors (Lipinski definition) is 1. The van der Waals surface area contributed by atoms with Gasteiger partial charge < -0.3 is 5.32 Å². The maximum absolute atomic E-state index is 4.15. The van der Waals surface area contributed by atoms with Gasteiger partial charge >= 0.3 is 0 Å². The van der Waals surface area contributed by atoms with Gasteiger partial charge in [0.1, 0.15) is 0 Å². The minimum absolute atomic E-state index is 0.592. The lowest BCUT2D eigenvalue weighted by atomic mass is 10.0. The third-order valence-electron chi connectivity index (χ3n) is 4.38. The van der Waals surface area contributed by atoms with Crippen molar-refractivity contribution in [2.75, 3.05) is 18.4 Å². The molecule has 1 aliphatic rings. The Labute approximate surface area is 121 Å². The smallest absolute Gasteiger partial charge is 0.0515 e. The molecule has 1 saturated heterocycles. The molecule has 1 aliphatic heterocycles. The Morgan fingerprint density at radius 2 is 2.00 bits per heavy atom. The van der Waals surface area contributed by atoms with Crippen molar-refractivity contribution in [3.63, 3.8) is 0 Å². The highest BCUT2D eigenvalue weighted by Crippen LogP contribution is 2.23. The lowest BCUT2D eigenvalue weighted by Gasteiger charge is -2.44. The number of nitrogens with one attached hydrogen (secondary N) is 1. The first-order valence-corrected chi connectivity index (χ1v) is 7.64. The van der Waals surface area contributed by atoms with Crippen molar-refractivity contribution in [2.45, 2.75) is 38.8 Å². The van der Waals surface area contributed by atoms with E-state index < -0.39 is 0 Å². The van der Waals surface area contributed by atoms with Crippen molar-refractivity contribution in [1.29, 1.82) is 0 Å². The van der Waals surface area contributed by atoms with Crippen LogP contribution < -0.4 is 5.32 Å². The molecule has 0 aliphatic carbocycles. The van der Waals surface area contributed by atoms with Gasteiger partial charge in [-0.25, -0.2) is 0 Å². The summed E-state index contributed by atoms with van der Waals surface area (Å²) in [7, 11) is 0. The number of anilines is 1. The minimum Gasteiger partial charge on any atom is -0.380 e. The second kappa shape index (κ2) is 5.80. The SMILES string of the molecule is CCC(CC)N1CC(Nc2ccc3cnccc3c2)C1. The predicted octanol–water partition coefficient (Wildman–Crippen LogP) is 3.52. The molecule has 3 nitrogen and oxygen atoms in total. The van der Waals surface area contributed by atoms with Crippen LogP contribution in [0.15, 0.2) is 36.7 Å². The fourth-order valence-corrected chi connectivity index (χ4v) is 3.12. The minimum atomic E-state index is 0.592. The largest absolute Gasteiger partial charge is 0.380 e. The second-order valence-corrected chi connectivity index (χ2v) is 5.70. The molecule has 2 heterocycles. The lowest BCUT2D eigenvalue weighted by molar-refractivity contribution is 0.0971. The highest BCUT2D eigenvalue weighted by Gasteiger charge is 2.30. The van der Waals surface area contributed by atoms with E-state index >= 15 is 0 Å². The van der Waals surface area contributed by atoms with Gasteiger partial charge in [0.25, 0.3) is 0 Å². The summed E-state index contributed by atoms with van der Waals surface area (Å²) in [4.78, 5) is 6.74. The Morgan fingerprint density at radius 1 is 1.20 bits per heavy atom. The molecule has 0 saturated carbocycles. The molecule has 2 aromatic rings. The van der Waals surface area contributed by atoms with Crippen LogP contribution in [0.3, 0.4) is 0 Å². The monoisotopic (exact) mass is 269 g/mol. The quantitative estimate of drug-likeness (QED) is 0.900. The number of aromatic nitrogens is 1. The molecule has 3 heteroatoms. The highest BCUT2D eigenvalue weighted by atomic mass is 15.3. The number of hydrogen-bond acceptors (Lipinski definition) is 3. The molecule has 0 amide bonds. The Balaban J connectivity index is 1.61. The topological polar surface area (TPSA) is 28.2 Å². The number of pyridine rings is 1. The van der Waals surface area contributed by atoms with Gasteiger partial charge in [0.2, 0.25) is 0 Å². The van der Waals surface area contributed by atoms with Crippen molar-refractivity contribution < 1.29 is 0 Å². The number of likely N-dealkylation sites (tertiary alicyclic amines) is 1. The molecule has 1 fully saturated rings. The first-order valence-electron chi connectivity index (χ1n) is 7.64. The van der Waals surface area contributed by atoms with Crippen LogP contribution in [0.1, 0.15) is 26.7 Å². The normalized spacial score (nSPS) is 16.6. The van der Waals surface area contributed by atoms with E-state index in [4.69, 9.17) is 0 Å². The van der Waals surface area contributed by atoms with Crippen LogP contribution in [0.2, 0.25) is 0 Å². The molecule has 0 radical (unpaired) electrons. The van der Waals surface area contributed by atoms with Gasteiger partial charge in [0.15, 0.2) is 0 Å². The molecule has 0 atom stereocenters. The van der Waals surface area contributed by atoms with Crippen LogP contribution in [-0.2, 0) is 0 Å². The van der Waals surface area contributed by atoms with E-state index in [0.717, 1.165) is 6.04 Å². The summed E-state index contributed by atoms with van der Waals surface area (Å²) < 4.78 is 0. The number of rotatable bonds is 5. The maximum Gasteiger partial charge on any atom is 0.0515 e. The molecular formula is C17H23N3. The Morgan fingerprint density at radius 3 is 2.75 bits per heavy atom. The van der Waals surface area contributed by atoms with Gasteiger partial charge in [0.05, 0.1) is 6.04 Å². The molecule has 1 aromatic carbocycles. The van der Waals surface area contributed by atoms with Crippen LogP contribution in [0.25, 0.3) is 10.8 Å². The predicted molar refractivity (Wildman–Crippen MR) is 85.1 cm³/mol. The molecule has 0 unspecified atom stereocenters. The van der Waals surface area contributed by atoms with Crippen LogP contribution in [0.4, 0.5) is 5.69 Å². The fraction of sp³-hybridized carbons (Fsp3) is 0.471. The molecule has 0 spiro atoms. The summed E-state index contributed by atoms with van der Waals surface area (Å²) in [6.45, 7) is 6.90. The number of benzene rings is 1. The molecule has 1 N–H and O–H groups in total. The van der Waals surface area contributed by atoms with Crippen molar-refractivity contribution in [3.8, 4) is 0 Å². The number of fused-ring (bicyclic) bond motifs is 1. The molecule has 106 valence electrons. The third-order valence-corrected chi connectivity index (χ3v) is 4.38. The average molecular weight is 269 g/mol. The molecule has 1 aromatic heterocycles. The molecular weight excluding hydrogens is 246 g/mol. The molecule has 3 rings (SSSR count). The van der Waals surface area contributed by atoms with Crippen LogP contribution in [-0.4, -0.2) is 35.1 Å². The van der Waals surface area contributed by atoms with E-state index in [0.29, 0.717) is 6.04 Å². The average Bonchev–Trinajstić information content (AvgIpc) is 2.45. The van der Waals surface area contributed by atoms with Gasteiger partial charge in [-0.05, 0) is 36.4 Å². The summed E-state index contributed by atoms with van der Waals surface area (Å²) in [6, 6.07) is 9.94. The summed E-state index contributed by atoms with van der Waals surface area (Å²) in [5, 5.41) is 6.09. The number of nitrogens with zero attached hydrogens (tertiary/aromatic N) is 2. The van der Waals surface area contributed by atoms with E-state index in [1.165, 1.54) is 42.4 Å². The summed E-state index contributed by atoms with van der Waals surface area (Å²) >= 11 is 0. The van der Waals surface area contributed by atoms with E-state index in [1.54, 1.807) is 0 Å². The lowest BCUT2D eigenvalue weighted by Crippen LogP contribution is -2.58. The summed E-state index contributed by atoms with van der Waals surface area (Å²) in [5.74, 6) is 0. The molecule has 20 heavy (non-hydrogen) atoms. The third kappa shape index (κ3) is 2.63. The Hall–Kier alpha value is -1.61. The van der Waals surface area contributed by atoms with Gasteiger partial charge in [0, 0.05) is 42.6 Å². The van der Waals surface area contributed by atoms with Gasteiger partial charge in [-0.3, -0.25) is 9.88 Å². The Kier molecular flexibility index (Phi) is 3.88. The van der Waals surface area contributed by atoms with Crippen molar-refractivity contribution in [1.82, 2.24) is 9.88 Å². The van der Waals surface area contributed by atoms with E-state index in [2.05, 4.69) is 53.3 Å².